The fourth-order valence-corrected chi connectivity index (χ4v) is 6.86. The van der Waals surface area contributed by atoms with Crippen LogP contribution in [0.2, 0.25) is 0 Å². The first-order valence-electron chi connectivity index (χ1n) is 22.7. The minimum absolute atomic E-state index is 0.0674. The topological polar surface area (TPSA) is 69.6 Å². The molecule has 4 nitrogen and oxygen atoms in total. The van der Waals surface area contributed by atoms with E-state index in [0.717, 1.165) is 32.1 Å². The number of carbonyl (C=O) groups is 1. The van der Waals surface area contributed by atoms with E-state index in [0.29, 0.717) is 6.42 Å². The molecule has 2 unspecified atom stereocenters. The van der Waals surface area contributed by atoms with Crippen LogP contribution in [0.1, 0.15) is 239 Å². The molecule has 0 rings (SSSR count). The SMILES string of the molecule is CCCCCC/C=C/C(O)C(CO)NC(=O)CCCCCCCCCCCCCCCCCCCCCCC/C=C\C/C=C\CCCCCCC. The number of allylic oxidation sites excluding steroid dienone is 5. The van der Waals surface area contributed by atoms with Gasteiger partial charge in [-0.1, -0.05) is 217 Å². The molecule has 0 spiro atoms. The predicted octanol–water partition coefficient (Wildman–Crippen LogP) is 14.2. The van der Waals surface area contributed by atoms with Crippen molar-refractivity contribution in [3.8, 4) is 0 Å². The van der Waals surface area contributed by atoms with E-state index in [1.54, 1.807) is 6.08 Å². The minimum atomic E-state index is -0.833. The Morgan fingerprint density at radius 1 is 0.471 bits per heavy atom. The number of carbonyl (C=O) groups excluding carboxylic acids is 1. The van der Waals surface area contributed by atoms with Gasteiger partial charge in [-0.25, -0.2) is 0 Å². The predicted molar refractivity (Wildman–Crippen MR) is 225 cm³/mol. The number of unbranched alkanes of at least 4 members (excludes halogenated alkanes) is 30. The summed E-state index contributed by atoms with van der Waals surface area (Å²) in [5.41, 5.74) is 0. The van der Waals surface area contributed by atoms with Gasteiger partial charge in [-0.3, -0.25) is 4.79 Å². The van der Waals surface area contributed by atoms with Gasteiger partial charge in [-0.2, -0.15) is 0 Å². The van der Waals surface area contributed by atoms with E-state index in [4.69, 9.17) is 0 Å². The van der Waals surface area contributed by atoms with E-state index in [9.17, 15) is 15.0 Å². The second-order valence-corrected chi connectivity index (χ2v) is 15.5. The molecule has 0 saturated carbocycles. The Labute approximate surface area is 319 Å². The van der Waals surface area contributed by atoms with Gasteiger partial charge in [-0.05, 0) is 51.4 Å². The minimum Gasteiger partial charge on any atom is -0.394 e. The maximum Gasteiger partial charge on any atom is 0.220 e. The van der Waals surface area contributed by atoms with Gasteiger partial charge in [-0.15, -0.1) is 0 Å². The number of rotatable bonds is 41. The standard InChI is InChI=1S/C47H89NO3/c1-3-5-7-9-11-12-13-14-15-16-17-18-19-20-21-22-23-24-25-26-27-28-29-30-31-32-33-34-35-36-37-39-41-43-47(51)48-45(44-49)46(50)42-40-38-10-8-6-4-2/h13-14,16-17,40,42,45-46,49-50H,3-12,15,18-39,41,43-44H2,1-2H3,(H,48,51)/b14-13-,17-16-,42-40+. The summed E-state index contributed by atoms with van der Waals surface area (Å²) in [6.45, 7) is 4.23. The van der Waals surface area contributed by atoms with Gasteiger partial charge >= 0.3 is 0 Å². The monoisotopic (exact) mass is 716 g/mol. The molecular formula is C47H89NO3. The van der Waals surface area contributed by atoms with Crippen LogP contribution in [0.3, 0.4) is 0 Å². The third-order valence-electron chi connectivity index (χ3n) is 10.4. The highest BCUT2D eigenvalue weighted by atomic mass is 16.3. The van der Waals surface area contributed by atoms with Crippen LogP contribution in [0.15, 0.2) is 36.5 Å². The lowest BCUT2D eigenvalue weighted by atomic mass is 10.0. The molecule has 0 bridgehead atoms. The second-order valence-electron chi connectivity index (χ2n) is 15.5. The molecule has 3 N–H and O–H groups in total. The van der Waals surface area contributed by atoms with E-state index in [1.165, 1.54) is 186 Å². The normalized spacial score (nSPS) is 13.3. The summed E-state index contributed by atoms with van der Waals surface area (Å²) in [7, 11) is 0. The van der Waals surface area contributed by atoms with Crippen molar-refractivity contribution in [2.45, 2.75) is 251 Å². The first-order valence-corrected chi connectivity index (χ1v) is 22.7. The molecule has 2 atom stereocenters. The molecule has 300 valence electrons. The van der Waals surface area contributed by atoms with Crippen molar-refractivity contribution >= 4 is 5.91 Å². The Morgan fingerprint density at radius 3 is 1.20 bits per heavy atom. The Hall–Kier alpha value is -1.39. The highest BCUT2D eigenvalue weighted by Gasteiger charge is 2.17. The van der Waals surface area contributed by atoms with E-state index in [1.807, 2.05) is 6.08 Å². The van der Waals surface area contributed by atoms with Gasteiger partial charge in [0.05, 0.1) is 18.8 Å². The zero-order valence-electron chi connectivity index (χ0n) is 34.4. The van der Waals surface area contributed by atoms with Crippen molar-refractivity contribution in [2.75, 3.05) is 6.61 Å². The van der Waals surface area contributed by atoms with E-state index in [2.05, 4.69) is 43.5 Å². The second kappa shape index (κ2) is 43.0. The highest BCUT2D eigenvalue weighted by Crippen LogP contribution is 2.16. The van der Waals surface area contributed by atoms with Gasteiger partial charge in [0.1, 0.15) is 0 Å². The molecule has 1 amide bonds. The largest absolute Gasteiger partial charge is 0.394 e. The summed E-state index contributed by atoms with van der Waals surface area (Å²) in [6.07, 6.45) is 57.3. The number of hydrogen-bond acceptors (Lipinski definition) is 3. The molecule has 0 aliphatic heterocycles. The van der Waals surface area contributed by atoms with Gasteiger partial charge in [0.2, 0.25) is 5.91 Å². The third kappa shape index (κ3) is 39.6. The molecule has 0 aromatic heterocycles. The van der Waals surface area contributed by atoms with Crippen LogP contribution in [0.25, 0.3) is 0 Å². The molecule has 0 aliphatic carbocycles. The first-order chi connectivity index (χ1) is 25.2. The van der Waals surface area contributed by atoms with Crippen molar-refractivity contribution in [1.82, 2.24) is 5.32 Å². The fourth-order valence-electron chi connectivity index (χ4n) is 6.86. The third-order valence-corrected chi connectivity index (χ3v) is 10.4. The van der Waals surface area contributed by atoms with E-state index >= 15 is 0 Å². The van der Waals surface area contributed by atoms with Crippen LogP contribution in [-0.2, 0) is 4.79 Å². The fraction of sp³-hybridized carbons (Fsp3) is 0.851. The number of nitrogens with one attached hydrogen (secondary N) is 1. The van der Waals surface area contributed by atoms with E-state index < -0.39 is 12.1 Å². The summed E-state index contributed by atoms with van der Waals surface area (Å²) in [6, 6.07) is -0.616. The Balaban J connectivity index is 3.36. The summed E-state index contributed by atoms with van der Waals surface area (Å²) >= 11 is 0. The smallest absolute Gasteiger partial charge is 0.220 e. The zero-order valence-corrected chi connectivity index (χ0v) is 34.4. The van der Waals surface area contributed by atoms with Crippen molar-refractivity contribution < 1.29 is 15.0 Å². The van der Waals surface area contributed by atoms with Crippen molar-refractivity contribution in [3.05, 3.63) is 36.5 Å². The zero-order chi connectivity index (χ0) is 37.1. The number of aliphatic hydroxyl groups is 2. The lowest BCUT2D eigenvalue weighted by Gasteiger charge is -2.20. The molecule has 0 aromatic carbocycles. The van der Waals surface area contributed by atoms with Crippen LogP contribution >= 0.6 is 0 Å². The molecule has 0 heterocycles. The van der Waals surface area contributed by atoms with Crippen molar-refractivity contribution in [2.24, 2.45) is 0 Å². The summed E-state index contributed by atoms with van der Waals surface area (Å²) in [4.78, 5) is 12.3. The van der Waals surface area contributed by atoms with Gasteiger partial charge in [0.15, 0.2) is 0 Å². The Bertz CT molecular complexity index is 775. The lowest BCUT2D eigenvalue weighted by molar-refractivity contribution is -0.123. The summed E-state index contributed by atoms with van der Waals surface area (Å²) in [5, 5.41) is 22.7. The molecule has 0 radical (unpaired) electrons. The first kappa shape index (κ1) is 49.6. The van der Waals surface area contributed by atoms with Crippen LogP contribution in [-0.4, -0.2) is 34.9 Å². The molecular weight excluding hydrogens is 627 g/mol. The van der Waals surface area contributed by atoms with Crippen LogP contribution in [0.4, 0.5) is 0 Å². The van der Waals surface area contributed by atoms with Gasteiger partial charge in [0.25, 0.3) is 0 Å². The molecule has 0 fully saturated rings. The van der Waals surface area contributed by atoms with Gasteiger partial charge < -0.3 is 15.5 Å². The molecule has 51 heavy (non-hydrogen) atoms. The summed E-state index contributed by atoms with van der Waals surface area (Å²) in [5.74, 6) is -0.0674. The number of aliphatic hydroxyl groups excluding tert-OH is 2. The average molecular weight is 716 g/mol. The number of hydrogen-bond donors (Lipinski definition) is 3. The molecule has 4 heteroatoms. The van der Waals surface area contributed by atoms with Crippen molar-refractivity contribution in [1.29, 1.82) is 0 Å². The quantitative estimate of drug-likeness (QED) is 0.0436. The average Bonchev–Trinajstić information content (AvgIpc) is 3.13. The maximum absolute atomic E-state index is 12.3. The lowest BCUT2D eigenvalue weighted by Crippen LogP contribution is -2.45. The highest BCUT2D eigenvalue weighted by molar-refractivity contribution is 5.76. The maximum atomic E-state index is 12.3. The molecule has 0 aliphatic rings. The summed E-state index contributed by atoms with van der Waals surface area (Å²) < 4.78 is 0. The van der Waals surface area contributed by atoms with Crippen LogP contribution in [0, 0.1) is 0 Å². The van der Waals surface area contributed by atoms with Crippen LogP contribution in [0.5, 0.6) is 0 Å². The Morgan fingerprint density at radius 2 is 0.804 bits per heavy atom. The van der Waals surface area contributed by atoms with Crippen molar-refractivity contribution in [3.63, 3.8) is 0 Å². The van der Waals surface area contributed by atoms with E-state index in [-0.39, 0.29) is 12.5 Å². The molecule has 0 aromatic rings. The van der Waals surface area contributed by atoms with Crippen LogP contribution < -0.4 is 5.32 Å². The molecule has 0 saturated heterocycles. The number of amides is 1. The Kier molecular flexibility index (Phi) is 41.8. The van der Waals surface area contributed by atoms with Gasteiger partial charge in [0, 0.05) is 6.42 Å².